The van der Waals surface area contributed by atoms with Gasteiger partial charge in [-0.25, -0.2) is 0 Å². The zero-order valence-electron chi connectivity index (χ0n) is 12.1. The van der Waals surface area contributed by atoms with Crippen LogP contribution in [0.15, 0.2) is 36.7 Å². The molecule has 4 nitrogen and oxygen atoms in total. The van der Waals surface area contributed by atoms with Crippen molar-refractivity contribution in [3.8, 4) is 5.75 Å². The molecule has 2 aromatic rings. The molecule has 0 aliphatic rings. The molecule has 1 N–H and O–H groups in total. The lowest BCUT2D eigenvalue weighted by molar-refractivity contribution is -0.0498. The summed E-state index contributed by atoms with van der Waals surface area (Å²) < 4.78 is 30.4. The first-order valence-corrected chi connectivity index (χ1v) is 6.87. The molecule has 6 heteroatoms. The van der Waals surface area contributed by atoms with E-state index in [9.17, 15) is 8.78 Å². The maximum Gasteiger partial charge on any atom is 0.387 e. The van der Waals surface area contributed by atoms with E-state index in [4.69, 9.17) is 0 Å². The van der Waals surface area contributed by atoms with Crippen LogP contribution in [0.4, 0.5) is 8.78 Å². The maximum absolute atomic E-state index is 12.2. The van der Waals surface area contributed by atoms with Gasteiger partial charge in [0, 0.05) is 18.8 Å². The van der Waals surface area contributed by atoms with Crippen LogP contribution in [0.5, 0.6) is 5.75 Å². The molecule has 114 valence electrons. The van der Waals surface area contributed by atoms with E-state index in [0.717, 1.165) is 24.1 Å². The molecule has 1 atom stereocenters. The lowest BCUT2D eigenvalue weighted by atomic mass is 10.0. The molecule has 21 heavy (non-hydrogen) atoms. The van der Waals surface area contributed by atoms with E-state index in [2.05, 4.69) is 22.1 Å². The summed E-state index contributed by atoms with van der Waals surface area (Å²) in [6, 6.07) is 6.67. The van der Waals surface area contributed by atoms with Crippen molar-refractivity contribution < 1.29 is 13.5 Å². The average molecular weight is 295 g/mol. The van der Waals surface area contributed by atoms with Crippen LogP contribution in [0.1, 0.15) is 30.5 Å². The van der Waals surface area contributed by atoms with Gasteiger partial charge in [-0.3, -0.25) is 4.68 Å². The molecule has 0 amide bonds. The van der Waals surface area contributed by atoms with Crippen LogP contribution >= 0.6 is 0 Å². The van der Waals surface area contributed by atoms with E-state index in [1.54, 1.807) is 35.1 Å². The van der Waals surface area contributed by atoms with Crippen molar-refractivity contribution in [2.45, 2.75) is 26.0 Å². The van der Waals surface area contributed by atoms with Gasteiger partial charge in [0.05, 0.1) is 12.2 Å². The number of rotatable bonds is 7. The second-order valence-corrected chi connectivity index (χ2v) is 4.78. The van der Waals surface area contributed by atoms with Crippen molar-refractivity contribution >= 4 is 0 Å². The second kappa shape index (κ2) is 7.17. The monoisotopic (exact) mass is 295 g/mol. The molecule has 0 bridgehead atoms. The molecular formula is C15H19F2N3O. The van der Waals surface area contributed by atoms with Gasteiger partial charge in [0.15, 0.2) is 0 Å². The summed E-state index contributed by atoms with van der Waals surface area (Å²) in [5, 5.41) is 7.61. The molecular weight excluding hydrogens is 276 g/mol. The molecule has 0 saturated heterocycles. The Hall–Kier alpha value is -1.95. The van der Waals surface area contributed by atoms with Gasteiger partial charge in [0.2, 0.25) is 0 Å². The van der Waals surface area contributed by atoms with Crippen LogP contribution in [0.3, 0.4) is 0 Å². The molecule has 1 unspecified atom stereocenters. The van der Waals surface area contributed by atoms with Gasteiger partial charge in [-0.05, 0) is 30.7 Å². The van der Waals surface area contributed by atoms with Crippen molar-refractivity contribution in [2.24, 2.45) is 7.05 Å². The van der Waals surface area contributed by atoms with E-state index in [0.29, 0.717) is 0 Å². The number of aryl methyl sites for hydroxylation is 1. The minimum Gasteiger partial charge on any atom is -0.435 e. The maximum atomic E-state index is 12.2. The fourth-order valence-corrected chi connectivity index (χ4v) is 2.15. The molecule has 2 rings (SSSR count). The summed E-state index contributed by atoms with van der Waals surface area (Å²) in [6.07, 6.45) is 4.75. The van der Waals surface area contributed by atoms with Crippen molar-refractivity contribution in [3.63, 3.8) is 0 Å². The van der Waals surface area contributed by atoms with E-state index in [1.807, 2.05) is 13.2 Å². The number of nitrogens with zero attached hydrogens (tertiary/aromatic N) is 2. The van der Waals surface area contributed by atoms with E-state index >= 15 is 0 Å². The number of halogens is 2. The van der Waals surface area contributed by atoms with Crippen LogP contribution in [-0.4, -0.2) is 22.9 Å². The minimum absolute atomic E-state index is 0.0146. The number of aromatic nitrogens is 2. The van der Waals surface area contributed by atoms with Crippen LogP contribution in [-0.2, 0) is 7.05 Å². The van der Waals surface area contributed by atoms with Gasteiger partial charge in [0.25, 0.3) is 0 Å². The van der Waals surface area contributed by atoms with Gasteiger partial charge in [-0.1, -0.05) is 19.1 Å². The summed E-state index contributed by atoms with van der Waals surface area (Å²) in [5.41, 5.74) is 2.02. The van der Waals surface area contributed by atoms with E-state index in [-0.39, 0.29) is 11.8 Å². The molecule has 0 saturated carbocycles. The molecule has 1 aromatic carbocycles. The van der Waals surface area contributed by atoms with Gasteiger partial charge in [-0.2, -0.15) is 13.9 Å². The highest BCUT2D eigenvalue weighted by molar-refractivity contribution is 5.34. The van der Waals surface area contributed by atoms with Crippen LogP contribution in [0.25, 0.3) is 0 Å². The first kappa shape index (κ1) is 15.4. The Morgan fingerprint density at radius 3 is 2.48 bits per heavy atom. The smallest absolute Gasteiger partial charge is 0.387 e. The molecule has 0 spiro atoms. The summed E-state index contributed by atoms with van der Waals surface area (Å²) >= 11 is 0. The highest BCUT2D eigenvalue weighted by atomic mass is 19.3. The zero-order chi connectivity index (χ0) is 15.2. The van der Waals surface area contributed by atoms with Gasteiger partial charge >= 0.3 is 6.61 Å². The number of ether oxygens (including phenoxy) is 1. The summed E-state index contributed by atoms with van der Waals surface area (Å²) in [7, 11) is 1.86. The molecule has 1 aromatic heterocycles. The number of hydrogen-bond donors (Lipinski definition) is 1. The highest BCUT2D eigenvalue weighted by Crippen LogP contribution is 2.24. The van der Waals surface area contributed by atoms with Crippen LogP contribution in [0, 0.1) is 0 Å². The quantitative estimate of drug-likeness (QED) is 0.853. The predicted molar refractivity (Wildman–Crippen MR) is 76.4 cm³/mol. The first-order valence-electron chi connectivity index (χ1n) is 6.87. The zero-order valence-corrected chi connectivity index (χ0v) is 12.1. The fourth-order valence-electron chi connectivity index (χ4n) is 2.15. The lowest BCUT2D eigenvalue weighted by Gasteiger charge is -2.18. The minimum atomic E-state index is -2.80. The Kier molecular flexibility index (Phi) is 5.27. The Balaban J connectivity index is 2.20. The molecule has 0 fully saturated rings. The molecule has 0 aliphatic heterocycles. The number of alkyl halides is 2. The molecule has 1 heterocycles. The number of hydrogen-bond acceptors (Lipinski definition) is 3. The van der Waals surface area contributed by atoms with Crippen molar-refractivity contribution in [2.75, 3.05) is 6.54 Å². The van der Waals surface area contributed by atoms with Crippen molar-refractivity contribution in [1.29, 1.82) is 0 Å². The summed E-state index contributed by atoms with van der Waals surface area (Å²) in [5.74, 6) is 0.161. The first-order chi connectivity index (χ1) is 10.1. The Morgan fingerprint density at radius 1 is 1.24 bits per heavy atom. The van der Waals surface area contributed by atoms with Gasteiger partial charge in [0.1, 0.15) is 5.75 Å². The largest absolute Gasteiger partial charge is 0.435 e. The van der Waals surface area contributed by atoms with Crippen LogP contribution in [0.2, 0.25) is 0 Å². The number of nitrogens with one attached hydrogen (secondary N) is 1. The topological polar surface area (TPSA) is 39.1 Å². The van der Waals surface area contributed by atoms with E-state index in [1.165, 1.54) is 0 Å². The Morgan fingerprint density at radius 2 is 1.95 bits per heavy atom. The number of benzene rings is 1. The average Bonchev–Trinajstić information content (AvgIpc) is 2.87. The Bertz CT molecular complexity index is 554. The normalized spacial score (nSPS) is 12.6. The molecule has 0 radical (unpaired) electrons. The lowest BCUT2D eigenvalue weighted by Crippen LogP contribution is -2.22. The third kappa shape index (κ3) is 4.26. The standard InChI is InChI=1S/C15H19F2N3O/c1-3-8-18-14(12-9-19-20(2)10-12)11-4-6-13(7-5-11)21-15(16)17/h4-7,9-10,14-15,18H,3,8H2,1-2H3. The molecule has 0 aliphatic carbocycles. The van der Waals surface area contributed by atoms with Gasteiger partial charge in [-0.15, -0.1) is 0 Å². The SMILES string of the molecule is CCCNC(c1ccc(OC(F)F)cc1)c1cnn(C)c1. The van der Waals surface area contributed by atoms with E-state index < -0.39 is 6.61 Å². The Labute approximate surface area is 122 Å². The third-order valence-corrected chi connectivity index (χ3v) is 3.10. The highest BCUT2D eigenvalue weighted by Gasteiger charge is 2.15. The third-order valence-electron chi connectivity index (χ3n) is 3.10. The predicted octanol–water partition coefficient (Wildman–Crippen LogP) is 3.11. The van der Waals surface area contributed by atoms with Crippen LogP contribution < -0.4 is 10.1 Å². The fraction of sp³-hybridized carbons (Fsp3) is 0.400. The van der Waals surface area contributed by atoms with Gasteiger partial charge < -0.3 is 10.1 Å². The van der Waals surface area contributed by atoms with Crippen molar-refractivity contribution in [3.05, 3.63) is 47.8 Å². The summed E-state index contributed by atoms with van der Waals surface area (Å²) in [4.78, 5) is 0. The van der Waals surface area contributed by atoms with Crippen molar-refractivity contribution in [1.82, 2.24) is 15.1 Å². The summed E-state index contributed by atoms with van der Waals surface area (Å²) in [6.45, 7) is 0.144. The second-order valence-electron chi connectivity index (χ2n) is 4.78.